The van der Waals surface area contributed by atoms with Gasteiger partial charge in [0.1, 0.15) is 5.75 Å². The Balaban J connectivity index is 1.89. The van der Waals surface area contributed by atoms with Crippen LogP contribution in [0.5, 0.6) is 5.75 Å². The van der Waals surface area contributed by atoms with Gasteiger partial charge in [-0.1, -0.05) is 43.9 Å². The molecule has 18 heavy (non-hydrogen) atoms. The van der Waals surface area contributed by atoms with Crippen molar-refractivity contribution in [3.63, 3.8) is 0 Å². The van der Waals surface area contributed by atoms with Gasteiger partial charge < -0.3 is 10.4 Å². The first kappa shape index (κ1) is 13.4. The van der Waals surface area contributed by atoms with Crippen LogP contribution < -0.4 is 5.32 Å². The third-order valence-electron chi connectivity index (χ3n) is 4.18. The van der Waals surface area contributed by atoms with Gasteiger partial charge in [-0.05, 0) is 31.7 Å². The number of rotatable bonds is 4. The van der Waals surface area contributed by atoms with Crippen LogP contribution in [0.15, 0.2) is 18.2 Å². The molecule has 1 aliphatic carbocycles. The van der Waals surface area contributed by atoms with Crippen LogP contribution >= 0.6 is 0 Å². The number of phenols is 1. The minimum atomic E-state index is 0.413. The van der Waals surface area contributed by atoms with Crippen LogP contribution in [0.3, 0.4) is 0 Å². The summed E-state index contributed by atoms with van der Waals surface area (Å²) in [4.78, 5) is 0. The van der Waals surface area contributed by atoms with E-state index < -0.39 is 0 Å². The van der Waals surface area contributed by atoms with Gasteiger partial charge in [0.25, 0.3) is 0 Å². The summed E-state index contributed by atoms with van der Waals surface area (Å²) in [7, 11) is 0. The van der Waals surface area contributed by atoms with E-state index in [1.54, 1.807) is 6.07 Å². The van der Waals surface area contributed by atoms with Crippen molar-refractivity contribution in [2.45, 2.75) is 58.5 Å². The molecule has 0 spiro atoms. The lowest BCUT2D eigenvalue weighted by Crippen LogP contribution is -2.33. The number of hydrogen-bond acceptors (Lipinski definition) is 2. The molecule has 0 aliphatic heterocycles. The average Bonchev–Trinajstić information content (AvgIpc) is 2.40. The van der Waals surface area contributed by atoms with Gasteiger partial charge in [-0.3, -0.25) is 0 Å². The third-order valence-corrected chi connectivity index (χ3v) is 4.18. The van der Waals surface area contributed by atoms with E-state index in [0.717, 1.165) is 18.0 Å². The smallest absolute Gasteiger partial charge is 0.120 e. The molecule has 0 heterocycles. The van der Waals surface area contributed by atoms with Crippen molar-refractivity contribution in [2.24, 2.45) is 5.92 Å². The molecule has 0 saturated heterocycles. The lowest BCUT2D eigenvalue weighted by molar-refractivity contribution is 0.277. The maximum atomic E-state index is 9.82. The van der Waals surface area contributed by atoms with Crippen LogP contribution in [-0.2, 0) is 6.54 Å². The summed E-state index contributed by atoms with van der Waals surface area (Å²) in [5, 5.41) is 13.4. The van der Waals surface area contributed by atoms with Gasteiger partial charge >= 0.3 is 0 Å². The van der Waals surface area contributed by atoms with Crippen molar-refractivity contribution in [3.8, 4) is 5.75 Å². The molecular weight excluding hydrogens is 222 g/mol. The molecule has 1 aromatic carbocycles. The van der Waals surface area contributed by atoms with Crippen LogP contribution in [0.25, 0.3) is 0 Å². The first-order chi connectivity index (χ1) is 8.69. The van der Waals surface area contributed by atoms with E-state index in [1.807, 2.05) is 6.07 Å². The zero-order chi connectivity index (χ0) is 13.0. The molecule has 0 radical (unpaired) electrons. The molecule has 2 unspecified atom stereocenters. The molecule has 2 heteroatoms. The minimum Gasteiger partial charge on any atom is -0.508 e. The van der Waals surface area contributed by atoms with Gasteiger partial charge in [-0.15, -0.1) is 0 Å². The predicted octanol–water partition coefficient (Wildman–Crippen LogP) is 3.76. The second-order valence-corrected chi connectivity index (χ2v) is 5.65. The van der Waals surface area contributed by atoms with E-state index in [4.69, 9.17) is 0 Å². The summed E-state index contributed by atoms with van der Waals surface area (Å²) >= 11 is 0. The van der Waals surface area contributed by atoms with E-state index >= 15 is 0 Å². The summed E-state index contributed by atoms with van der Waals surface area (Å²) in [5.74, 6) is 1.30. The van der Waals surface area contributed by atoms with E-state index in [9.17, 15) is 5.11 Å². The van der Waals surface area contributed by atoms with Crippen molar-refractivity contribution in [3.05, 3.63) is 29.3 Å². The molecule has 0 bridgehead atoms. The van der Waals surface area contributed by atoms with Crippen LogP contribution in [0, 0.1) is 12.8 Å². The summed E-state index contributed by atoms with van der Waals surface area (Å²) in [5.41, 5.74) is 2.23. The van der Waals surface area contributed by atoms with Gasteiger partial charge in [0.2, 0.25) is 0 Å². The van der Waals surface area contributed by atoms with Crippen LogP contribution in [0.1, 0.15) is 50.2 Å². The van der Waals surface area contributed by atoms with Crippen LogP contribution in [-0.4, -0.2) is 11.1 Å². The molecule has 0 amide bonds. The fourth-order valence-electron chi connectivity index (χ4n) is 2.96. The third kappa shape index (κ3) is 3.49. The lowest BCUT2D eigenvalue weighted by atomic mass is 9.84. The highest BCUT2D eigenvalue weighted by Crippen LogP contribution is 2.27. The largest absolute Gasteiger partial charge is 0.508 e. The number of aryl methyl sites for hydroxylation is 1. The van der Waals surface area contributed by atoms with Gasteiger partial charge in [0.05, 0.1) is 0 Å². The average molecular weight is 247 g/mol. The van der Waals surface area contributed by atoms with E-state index in [-0.39, 0.29) is 0 Å². The highest BCUT2D eigenvalue weighted by molar-refractivity contribution is 5.35. The molecule has 1 fully saturated rings. The maximum absolute atomic E-state index is 9.82. The van der Waals surface area contributed by atoms with Gasteiger partial charge in [-0.2, -0.15) is 0 Å². The summed E-state index contributed by atoms with van der Waals surface area (Å²) in [6.07, 6.45) is 6.61. The fraction of sp³-hybridized carbons (Fsp3) is 0.625. The lowest BCUT2D eigenvalue weighted by Gasteiger charge is -2.29. The SMILES string of the molecule is CCC1CCCC(NCc2cc(C)ccc2O)C1. The highest BCUT2D eigenvalue weighted by Gasteiger charge is 2.20. The predicted molar refractivity (Wildman–Crippen MR) is 75.7 cm³/mol. The first-order valence-corrected chi connectivity index (χ1v) is 7.21. The summed E-state index contributed by atoms with van der Waals surface area (Å²) in [6.45, 7) is 5.14. The van der Waals surface area contributed by atoms with Crippen molar-refractivity contribution in [1.29, 1.82) is 0 Å². The summed E-state index contributed by atoms with van der Waals surface area (Å²) < 4.78 is 0. The molecule has 2 N–H and O–H groups in total. The van der Waals surface area contributed by atoms with Crippen molar-refractivity contribution in [1.82, 2.24) is 5.32 Å². The molecule has 0 aromatic heterocycles. The number of nitrogens with one attached hydrogen (secondary N) is 1. The molecule has 100 valence electrons. The van der Waals surface area contributed by atoms with Crippen molar-refractivity contribution < 1.29 is 5.11 Å². The number of phenolic OH excluding ortho intramolecular Hbond substituents is 1. The van der Waals surface area contributed by atoms with Crippen molar-refractivity contribution >= 4 is 0 Å². The van der Waals surface area contributed by atoms with E-state index in [2.05, 4.69) is 25.2 Å². The van der Waals surface area contributed by atoms with Crippen LogP contribution in [0.4, 0.5) is 0 Å². The normalized spacial score (nSPS) is 24.1. The fourth-order valence-corrected chi connectivity index (χ4v) is 2.96. The Bertz CT molecular complexity index is 389. The first-order valence-electron chi connectivity index (χ1n) is 7.21. The zero-order valence-electron chi connectivity index (χ0n) is 11.6. The second kappa shape index (κ2) is 6.24. The Morgan fingerprint density at radius 1 is 1.33 bits per heavy atom. The second-order valence-electron chi connectivity index (χ2n) is 5.65. The Labute approximate surface area is 110 Å². The van der Waals surface area contributed by atoms with Gasteiger partial charge in [-0.25, -0.2) is 0 Å². The zero-order valence-corrected chi connectivity index (χ0v) is 11.6. The Morgan fingerprint density at radius 2 is 2.17 bits per heavy atom. The molecular formula is C16H25NO. The molecule has 2 rings (SSSR count). The Morgan fingerprint density at radius 3 is 2.94 bits per heavy atom. The standard InChI is InChI=1S/C16H25NO/c1-3-13-5-4-6-15(10-13)17-11-14-9-12(2)7-8-16(14)18/h7-9,13,15,17-18H,3-6,10-11H2,1-2H3. The van der Waals surface area contributed by atoms with E-state index in [1.165, 1.54) is 37.7 Å². The summed E-state index contributed by atoms with van der Waals surface area (Å²) in [6, 6.07) is 6.44. The maximum Gasteiger partial charge on any atom is 0.120 e. The molecule has 1 saturated carbocycles. The quantitative estimate of drug-likeness (QED) is 0.849. The molecule has 2 nitrogen and oxygen atoms in total. The topological polar surface area (TPSA) is 32.3 Å². The van der Waals surface area contributed by atoms with Gasteiger partial charge in [0, 0.05) is 18.2 Å². The molecule has 1 aliphatic rings. The van der Waals surface area contributed by atoms with Crippen LogP contribution in [0.2, 0.25) is 0 Å². The number of hydrogen-bond donors (Lipinski definition) is 2. The highest BCUT2D eigenvalue weighted by atomic mass is 16.3. The monoisotopic (exact) mass is 247 g/mol. The number of benzene rings is 1. The van der Waals surface area contributed by atoms with Gasteiger partial charge in [0.15, 0.2) is 0 Å². The van der Waals surface area contributed by atoms with E-state index in [0.29, 0.717) is 11.8 Å². The molecule has 1 aromatic rings. The number of aromatic hydroxyl groups is 1. The minimum absolute atomic E-state index is 0.413. The Hall–Kier alpha value is -1.02. The van der Waals surface area contributed by atoms with Crippen molar-refractivity contribution in [2.75, 3.05) is 0 Å². The Kier molecular flexibility index (Phi) is 4.65. The molecule has 2 atom stereocenters.